The number of para-hydroxylation sites is 1. The van der Waals surface area contributed by atoms with Crippen LogP contribution in [0.3, 0.4) is 0 Å². The van der Waals surface area contributed by atoms with E-state index in [4.69, 9.17) is 28.4 Å². The molecule has 1 aromatic rings. The lowest BCUT2D eigenvalue weighted by atomic mass is 10.0. The molecule has 13 heteroatoms. The van der Waals surface area contributed by atoms with Gasteiger partial charge in [0.2, 0.25) is 0 Å². The van der Waals surface area contributed by atoms with Gasteiger partial charge in [0.1, 0.15) is 18.7 Å². The minimum atomic E-state index is -1.51. The summed E-state index contributed by atoms with van der Waals surface area (Å²) >= 11 is 1.31. The molecule has 1 aliphatic rings. The van der Waals surface area contributed by atoms with Crippen LogP contribution in [0, 0.1) is 0 Å². The van der Waals surface area contributed by atoms with E-state index in [1.165, 1.54) is 25.8 Å². The first-order chi connectivity index (χ1) is 17.4. The molecule has 0 fully saturated rings. The first-order valence-corrected chi connectivity index (χ1v) is 12.2. The van der Waals surface area contributed by atoms with E-state index < -0.39 is 66.2 Å². The van der Waals surface area contributed by atoms with Crippen LogP contribution in [0.2, 0.25) is 0 Å². The molecule has 1 heterocycles. The molecule has 5 atom stereocenters. The highest BCUT2D eigenvalue weighted by molar-refractivity contribution is 8.00. The second-order valence-electron chi connectivity index (χ2n) is 8.04. The molecule has 0 amide bonds. The van der Waals surface area contributed by atoms with E-state index in [-0.39, 0.29) is 6.73 Å². The Balaban J connectivity index is 2.63. The molecule has 12 nitrogen and oxygen atoms in total. The average Bonchev–Trinajstić information content (AvgIpc) is 3.15. The normalized spacial score (nSPS) is 17.5. The summed E-state index contributed by atoms with van der Waals surface area (Å²) in [6.45, 7) is 5.22. The van der Waals surface area contributed by atoms with E-state index in [0.29, 0.717) is 0 Å². The van der Waals surface area contributed by atoms with E-state index in [2.05, 4.69) is 0 Å². The number of hydrogen-bond acceptors (Lipinski definition) is 13. The van der Waals surface area contributed by atoms with Crippen molar-refractivity contribution in [3.8, 4) is 0 Å². The zero-order valence-electron chi connectivity index (χ0n) is 21.5. The molecule has 1 aromatic carbocycles. The average molecular weight is 542 g/mol. The number of ether oxygens (including phenoxy) is 6. The van der Waals surface area contributed by atoms with E-state index >= 15 is 0 Å². The lowest BCUT2D eigenvalue weighted by molar-refractivity contribution is -0.202. The third kappa shape index (κ3) is 8.64. The number of methoxy groups -OCH3 is 1. The van der Waals surface area contributed by atoms with E-state index in [9.17, 15) is 24.0 Å². The Morgan fingerprint density at radius 3 is 1.92 bits per heavy atom. The predicted octanol–water partition coefficient (Wildman–Crippen LogP) is 1.82. The lowest BCUT2D eigenvalue weighted by Gasteiger charge is -2.39. The van der Waals surface area contributed by atoms with Crippen molar-refractivity contribution in [2.75, 3.05) is 25.3 Å². The molecular formula is C24H31NO11S. The first kappa shape index (κ1) is 29.9. The number of anilines is 1. The molecule has 0 aromatic heterocycles. The monoisotopic (exact) mass is 541 g/mol. The van der Waals surface area contributed by atoms with E-state index in [1.54, 1.807) is 4.90 Å². The van der Waals surface area contributed by atoms with Crippen molar-refractivity contribution in [2.45, 2.75) is 69.3 Å². The van der Waals surface area contributed by atoms with Gasteiger partial charge in [0.15, 0.2) is 24.4 Å². The molecule has 0 radical (unpaired) electrons. The van der Waals surface area contributed by atoms with Gasteiger partial charge in [0.25, 0.3) is 0 Å². The van der Waals surface area contributed by atoms with Crippen LogP contribution in [0.1, 0.15) is 34.6 Å². The summed E-state index contributed by atoms with van der Waals surface area (Å²) in [6.07, 6.45) is -5.63. The molecular weight excluding hydrogens is 510 g/mol. The third-order valence-corrected chi connectivity index (χ3v) is 6.33. The summed E-state index contributed by atoms with van der Waals surface area (Å²) in [6, 6.07) is 7.37. The smallest absolute Gasteiger partial charge is 0.303 e. The van der Waals surface area contributed by atoms with Gasteiger partial charge in [-0.05, 0) is 12.1 Å². The van der Waals surface area contributed by atoms with Gasteiger partial charge in [-0.2, -0.15) is 0 Å². The minimum Gasteiger partial charge on any atom is -0.462 e. The summed E-state index contributed by atoms with van der Waals surface area (Å²) in [7, 11) is 1.49. The van der Waals surface area contributed by atoms with Crippen molar-refractivity contribution < 1.29 is 52.4 Å². The van der Waals surface area contributed by atoms with Crippen LogP contribution >= 0.6 is 11.8 Å². The number of rotatable bonds is 12. The van der Waals surface area contributed by atoms with Gasteiger partial charge in [-0.1, -0.05) is 23.9 Å². The first-order valence-electron chi connectivity index (χ1n) is 11.3. The Morgan fingerprint density at radius 1 is 0.811 bits per heavy atom. The van der Waals surface area contributed by atoms with Gasteiger partial charge in [-0.25, -0.2) is 0 Å². The van der Waals surface area contributed by atoms with Crippen molar-refractivity contribution in [3.63, 3.8) is 0 Å². The Bertz CT molecular complexity index is 1000. The number of carbonyl (C=O) groups is 5. The third-order valence-electron chi connectivity index (χ3n) is 4.97. The zero-order valence-corrected chi connectivity index (χ0v) is 22.3. The van der Waals surface area contributed by atoms with Crippen LogP contribution in [0.5, 0.6) is 0 Å². The second-order valence-corrected chi connectivity index (χ2v) is 9.19. The Hall–Kier alpha value is -3.32. The van der Waals surface area contributed by atoms with E-state index in [1.807, 2.05) is 24.3 Å². The molecule has 37 heavy (non-hydrogen) atoms. The molecule has 1 aliphatic heterocycles. The van der Waals surface area contributed by atoms with Gasteiger partial charge >= 0.3 is 29.8 Å². The summed E-state index contributed by atoms with van der Waals surface area (Å²) in [5.74, 6) is -3.76. The molecule has 204 valence electrons. The molecule has 0 aliphatic carbocycles. The maximum atomic E-state index is 12.3. The van der Waals surface area contributed by atoms with Gasteiger partial charge in [-0.15, -0.1) is 0 Å². The maximum absolute atomic E-state index is 12.3. The van der Waals surface area contributed by atoms with Crippen molar-refractivity contribution in [2.24, 2.45) is 0 Å². The maximum Gasteiger partial charge on any atom is 0.303 e. The number of nitrogens with zero attached hydrogens (tertiary/aromatic N) is 1. The largest absolute Gasteiger partial charge is 0.462 e. The topological polar surface area (TPSA) is 144 Å². The molecule has 0 saturated heterocycles. The standard InChI is InChI=1S/C24H31NO11S/c1-13(26)32-11-19(33-14(2)27)21(34-15(3)28)22(35-16(4)29)23(36-17(5)30)24-25(12-31-6)18-9-7-8-10-20(18)37-24/h7-10,19,21-24H,11-12H2,1-6H3. The molecule has 0 saturated carbocycles. The number of benzene rings is 1. The highest BCUT2D eigenvalue weighted by Gasteiger charge is 2.50. The van der Waals surface area contributed by atoms with Crippen LogP contribution in [0.15, 0.2) is 29.2 Å². The van der Waals surface area contributed by atoms with Crippen molar-refractivity contribution >= 4 is 47.3 Å². The fraction of sp³-hybridized carbons (Fsp3) is 0.542. The molecule has 0 N–H and O–H groups in total. The van der Waals surface area contributed by atoms with Crippen LogP contribution in [-0.4, -0.2) is 80.1 Å². The summed E-state index contributed by atoms with van der Waals surface area (Å²) in [5, 5.41) is -0.713. The number of carbonyl (C=O) groups excluding carboxylic acids is 5. The number of fused-ring (bicyclic) bond motifs is 1. The summed E-state index contributed by atoms with van der Waals surface area (Å²) in [5.41, 5.74) is 0.776. The van der Waals surface area contributed by atoms with Crippen LogP contribution in [0.4, 0.5) is 5.69 Å². The second kappa shape index (κ2) is 13.8. The molecule has 2 rings (SSSR count). The summed E-state index contributed by atoms with van der Waals surface area (Å²) < 4.78 is 32.4. The van der Waals surface area contributed by atoms with Gasteiger partial charge in [0, 0.05) is 46.6 Å². The number of hydrogen-bond donors (Lipinski definition) is 0. The highest BCUT2D eigenvalue weighted by Crippen LogP contribution is 2.46. The quantitative estimate of drug-likeness (QED) is 0.280. The van der Waals surface area contributed by atoms with Gasteiger partial charge < -0.3 is 33.3 Å². The van der Waals surface area contributed by atoms with Crippen molar-refractivity contribution in [3.05, 3.63) is 24.3 Å². The fourth-order valence-electron chi connectivity index (χ4n) is 3.80. The zero-order chi connectivity index (χ0) is 27.7. The Kier molecular flexibility index (Phi) is 11.2. The minimum absolute atomic E-state index is 0.0816. The van der Waals surface area contributed by atoms with E-state index in [0.717, 1.165) is 38.3 Å². The fourth-order valence-corrected chi connectivity index (χ4v) is 5.17. The summed E-state index contributed by atoms with van der Waals surface area (Å²) in [4.78, 5) is 62.7. The highest BCUT2D eigenvalue weighted by atomic mass is 32.2. The molecule has 0 bridgehead atoms. The van der Waals surface area contributed by atoms with Crippen LogP contribution in [0.25, 0.3) is 0 Å². The number of thioether (sulfide) groups is 1. The SMILES string of the molecule is COCN1c2ccccc2SC1C(OC(C)=O)C(OC(C)=O)C(OC(C)=O)C(COC(C)=O)OC(C)=O. The molecule has 0 spiro atoms. The van der Waals surface area contributed by atoms with Crippen molar-refractivity contribution in [1.29, 1.82) is 0 Å². The van der Waals surface area contributed by atoms with Gasteiger partial charge in [0.05, 0.1) is 5.69 Å². The lowest BCUT2D eigenvalue weighted by Crippen LogP contribution is -2.58. The number of esters is 5. The van der Waals surface area contributed by atoms with Crippen LogP contribution in [-0.2, 0) is 52.4 Å². The van der Waals surface area contributed by atoms with Crippen LogP contribution < -0.4 is 4.90 Å². The Labute approximate surface area is 218 Å². The Morgan fingerprint density at radius 2 is 1.38 bits per heavy atom. The van der Waals surface area contributed by atoms with Gasteiger partial charge in [-0.3, -0.25) is 24.0 Å². The van der Waals surface area contributed by atoms with Crippen molar-refractivity contribution in [1.82, 2.24) is 0 Å². The molecule has 5 unspecified atom stereocenters. The predicted molar refractivity (Wildman–Crippen MR) is 129 cm³/mol.